The Bertz CT molecular complexity index is 1090. The number of fused-ring (bicyclic) bond motifs is 1. The van der Waals surface area contributed by atoms with Crippen LogP contribution in [0.1, 0.15) is 37.8 Å². The van der Waals surface area contributed by atoms with Crippen LogP contribution in [0.5, 0.6) is 11.5 Å². The molecule has 0 aliphatic carbocycles. The average molecular weight is 484 g/mol. The Hall–Kier alpha value is -3.20. The molecule has 3 aliphatic heterocycles. The summed E-state index contributed by atoms with van der Waals surface area (Å²) in [5.41, 5.74) is 2.51. The summed E-state index contributed by atoms with van der Waals surface area (Å²) >= 11 is 1.45. The third-order valence-electron chi connectivity index (χ3n) is 6.08. The molecule has 180 valence electrons. The van der Waals surface area contributed by atoms with E-state index in [1.807, 2.05) is 27.3 Å². The molecule has 1 amide bonds. The normalized spacial score (nSPS) is 19.4. The lowest BCUT2D eigenvalue weighted by molar-refractivity contribution is -0.138. The number of thioether (sulfide) groups is 1. The second-order valence-corrected chi connectivity index (χ2v) is 8.99. The van der Waals surface area contributed by atoms with E-state index in [0.717, 1.165) is 37.2 Å². The molecule has 1 fully saturated rings. The summed E-state index contributed by atoms with van der Waals surface area (Å²) in [4.78, 5) is 34.8. The van der Waals surface area contributed by atoms with Crippen LogP contribution in [0.2, 0.25) is 0 Å². The minimum atomic E-state index is -0.571. The largest absolute Gasteiger partial charge is 0.497 e. The molecule has 34 heavy (non-hydrogen) atoms. The number of hydrogen-bond acceptors (Lipinski definition) is 8. The van der Waals surface area contributed by atoms with Gasteiger partial charge in [0.2, 0.25) is 5.91 Å². The fourth-order valence-corrected chi connectivity index (χ4v) is 5.38. The minimum Gasteiger partial charge on any atom is -0.497 e. The van der Waals surface area contributed by atoms with Crippen molar-refractivity contribution in [2.45, 2.75) is 32.2 Å². The third kappa shape index (κ3) is 4.57. The van der Waals surface area contributed by atoms with Crippen LogP contribution >= 0.6 is 11.8 Å². The zero-order valence-electron chi connectivity index (χ0n) is 19.7. The van der Waals surface area contributed by atoms with Gasteiger partial charge in [-0.25, -0.2) is 9.79 Å². The zero-order valence-corrected chi connectivity index (χ0v) is 20.5. The Labute approximate surface area is 203 Å². The topological polar surface area (TPSA) is 80.7 Å². The van der Waals surface area contributed by atoms with Crippen molar-refractivity contribution in [2.24, 2.45) is 4.99 Å². The van der Waals surface area contributed by atoms with Crippen molar-refractivity contribution in [1.82, 2.24) is 9.80 Å². The smallest absolute Gasteiger partial charge is 0.338 e. The molecule has 0 bridgehead atoms. The second-order valence-electron chi connectivity index (χ2n) is 8.15. The van der Waals surface area contributed by atoms with Crippen LogP contribution in [0.15, 0.2) is 58.2 Å². The molecule has 1 aromatic rings. The van der Waals surface area contributed by atoms with Gasteiger partial charge < -0.3 is 24.0 Å². The van der Waals surface area contributed by atoms with E-state index in [9.17, 15) is 9.59 Å². The highest BCUT2D eigenvalue weighted by Gasteiger charge is 2.42. The average Bonchev–Trinajstić information content (AvgIpc) is 3.52. The summed E-state index contributed by atoms with van der Waals surface area (Å²) in [6.07, 6.45) is 3.82. The standard InChI is InChI=1S/C25H29N3O5S/c1-5-12-33-24(30)22-16(2)26-25-28(17(15-34-25)13-21(29)27-10-6-7-11-27)23(22)19-9-8-18(31-3)14-20(19)32-4/h5,8-9,14-15,23H,1,6-7,10-13H2,2-4H3/t23-/m0/s1. The second kappa shape index (κ2) is 10.4. The molecule has 1 saturated heterocycles. The maximum atomic E-state index is 13.2. The first kappa shape index (κ1) is 23.9. The van der Waals surface area contributed by atoms with E-state index in [-0.39, 0.29) is 18.9 Å². The molecule has 0 unspecified atom stereocenters. The number of ether oxygens (including phenoxy) is 3. The maximum Gasteiger partial charge on any atom is 0.338 e. The van der Waals surface area contributed by atoms with Crippen molar-refractivity contribution in [3.63, 3.8) is 0 Å². The Balaban J connectivity index is 1.77. The van der Waals surface area contributed by atoms with Crippen molar-refractivity contribution in [3.8, 4) is 11.5 Å². The first-order chi connectivity index (χ1) is 16.5. The highest BCUT2D eigenvalue weighted by atomic mass is 32.2. The molecule has 0 aromatic heterocycles. The van der Waals surface area contributed by atoms with Crippen LogP contribution in [0.4, 0.5) is 0 Å². The fourth-order valence-electron chi connectivity index (χ4n) is 4.42. The van der Waals surface area contributed by atoms with Crippen molar-refractivity contribution in [2.75, 3.05) is 33.9 Å². The van der Waals surface area contributed by atoms with Gasteiger partial charge in [0, 0.05) is 30.4 Å². The number of amides is 1. The summed E-state index contributed by atoms with van der Waals surface area (Å²) in [6.45, 7) is 7.09. The van der Waals surface area contributed by atoms with E-state index in [1.165, 1.54) is 17.8 Å². The number of rotatable bonds is 8. The van der Waals surface area contributed by atoms with E-state index in [1.54, 1.807) is 27.2 Å². The van der Waals surface area contributed by atoms with Crippen LogP contribution in [-0.2, 0) is 14.3 Å². The predicted molar refractivity (Wildman–Crippen MR) is 132 cm³/mol. The van der Waals surface area contributed by atoms with Gasteiger partial charge in [0.1, 0.15) is 18.1 Å². The summed E-state index contributed by atoms with van der Waals surface area (Å²) in [5.74, 6) is 0.797. The van der Waals surface area contributed by atoms with Gasteiger partial charge in [0.25, 0.3) is 0 Å². The van der Waals surface area contributed by atoms with E-state index >= 15 is 0 Å². The summed E-state index contributed by atoms with van der Waals surface area (Å²) in [6, 6.07) is 4.92. The first-order valence-electron chi connectivity index (χ1n) is 11.2. The van der Waals surface area contributed by atoms with Crippen LogP contribution in [0.3, 0.4) is 0 Å². The van der Waals surface area contributed by atoms with Crippen LogP contribution < -0.4 is 9.47 Å². The lowest BCUT2D eigenvalue weighted by Gasteiger charge is -2.37. The fraction of sp³-hybridized carbons (Fsp3) is 0.400. The van der Waals surface area contributed by atoms with Crippen molar-refractivity contribution in [3.05, 3.63) is 58.8 Å². The van der Waals surface area contributed by atoms with Gasteiger partial charge in [-0.05, 0) is 37.3 Å². The molecule has 1 aromatic carbocycles. The molecule has 0 spiro atoms. The first-order valence-corrected chi connectivity index (χ1v) is 12.1. The van der Waals surface area contributed by atoms with Gasteiger partial charge >= 0.3 is 5.97 Å². The van der Waals surface area contributed by atoms with Crippen molar-refractivity contribution >= 4 is 28.8 Å². The number of carbonyl (C=O) groups is 2. The number of amidine groups is 1. The van der Waals surface area contributed by atoms with Crippen LogP contribution in [0, 0.1) is 0 Å². The van der Waals surface area contributed by atoms with Gasteiger partial charge in [0.15, 0.2) is 5.17 Å². The van der Waals surface area contributed by atoms with Crippen molar-refractivity contribution < 1.29 is 23.8 Å². The number of aliphatic imine (C=N–C) groups is 1. The van der Waals surface area contributed by atoms with Crippen LogP contribution in [-0.4, -0.2) is 60.8 Å². The molecule has 4 rings (SSSR count). The molecule has 3 heterocycles. The number of carbonyl (C=O) groups excluding carboxylic acids is 2. The minimum absolute atomic E-state index is 0.0769. The molecule has 3 aliphatic rings. The number of benzene rings is 1. The predicted octanol–water partition coefficient (Wildman–Crippen LogP) is 4.02. The molecular weight excluding hydrogens is 454 g/mol. The molecule has 1 atom stereocenters. The van der Waals surface area contributed by atoms with Crippen molar-refractivity contribution in [1.29, 1.82) is 0 Å². The van der Waals surface area contributed by atoms with Crippen LogP contribution in [0.25, 0.3) is 0 Å². The number of nitrogens with zero attached hydrogens (tertiary/aromatic N) is 3. The molecule has 8 nitrogen and oxygen atoms in total. The lowest BCUT2D eigenvalue weighted by atomic mass is 9.93. The lowest BCUT2D eigenvalue weighted by Crippen LogP contribution is -2.38. The number of methoxy groups -OCH3 is 2. The van der Waals surface area contributed by atoms with E-state index in [2.05, 4.69) is 6.58 Å². The monoisotopic (exact) mass is 483 g/mol. The molecule has 0 radical (unpaired) electrons. The van der Waals surface area contributed by atoms with Gasteiger partial charge in [-0.2, -0.15) is 0 Å². The zero-order chi connectivity index (χ0) is 24.2. The molecule has 0 N–H and O–H groups in total. The van der Waals surface area contributed by atoms with Gasteiger partial charge in [-0.3, -0.25) is 4.79 Å². The Morgan fingerprint density at radius 3 is 2.68 bits per heavy atom. The van der Waals surface area contributed by atoms with E-state index in [0.29, 0.717) is 27.9 Å². The molecule has 9 heteroatoms. The van der Waals surface area contributed by atoms with Gasteiger partial charge in [-0.1, -0.05) is 24.4 Å². The Morgan fingerprint density at radius 1 is 1.24 bits per heavy atom. The number of allylic oxidation sites excluding steroid dienone is 1. The summed E-state index contributed by atoms with van der Waals surface area (Å²) in [7, 11) is 3.17. The molecular formula is C25H29N3O5S. The number of esters is 1. The number of likely N-dealkylation sites (tertiary alicyclic amines) is 1. The van der Waals surface area contributed by atoms with E-state index < -0.39 is 12.0 Å². The maximum absolute atomic E-state index is 13.2. The third-order valence-corrected chi connectivity index (χ3v) is 6.97. The highest BCUT2D eigenvalue weighted by molar-refractivity contribution is 8.16. The number of hydrogen-bond donors (Lipinski definition) is 0. The SMILES string of the molecule is C=CCOC(=O)C1=C(C)N=C2SC=C(CC(=O)N3CCCC3)N2[C@H]1c1ccc(OC)cc1OC. The quantitative estimate of drug-likeness (QED) is 0.408. The summed E-state index contributed by atoms with van der Waals surface area (Å²) in [5, 5.41) is 2.66. The Kier molecular flexibility index (Phi) is 7.31. The van der Waals surface area contributed by atoms with E-state index in [4.69, 9.17) is 19.2 Å². The molecule has 0 saturated carbocycles. The van der Waals surface area contributed by atoms with Gasteiger partial charge in [-0.15, -0.1) is 0 Å². The Morgan fingerprint density at radius 2 is 2.00 bits per heavy atom. The highest BCUT2D eigenvalue weighted by Crippen LogP contribution is 2.47. The summed E-state index contributed by atoms with van der Waals surface area (Å²) < 4.78 is 16.5. The van der Waals surface area contributed by atoms with Gasteiger partial charge in [0.05, 0.1) is 38.0 Å².